The fourth-order valence-electron chi connectivity index (χ4n) is 2.81. The highest BCUT2D eigenvalue weighted by Gasteiger charge is 2.13. The van der Waals surface area contributed by atoms with Crippen molar-refractivity contribution < 1.29 is 14.6 Å². The molecule has 0 bridgehead atoms. The number of rotatable bonds is 6. The van der Waals surface area contributed by atoms with Crippen LogP contribution in [0.1, 0.15) is 22.3 Å². The second kappa shape index (κ2) is 7.95. The Hall–Kier alpha value is -2.37. The van der Waals surface area contributed by atoms with Crippen LogP contribution in [0.25, 0.3) is 0 Å². The van der Waals surface area contributed by atoms with E-state index < -0.39 is 0 Å². The van der Waals surface area contributed by atoms with E-state index in [4.69, 9.17) is 4.74 Å². The number of aliphatic hydroxyl groups is 1. The van der Waals surface area contributed by atoms with Gasteiger partial charge in [-0.15, -0.1) is 0 Å². The summed E-state index contributed by atoms with van der Waals surface area (Å²) < 4.78 is 5.39. The van der Waals surface area contributed by atoms with E-state index in [-0.39, 0.29) is 18.7 Å². The van der Waals surface area contributed by atoms with E-state index in [2.05, 4.69) is 16.7 Å². The summed E-state index contributed by atoms with van der Waals surface area (Å²) in [5.41, 5.74) is 4.52. The van der Waals surface area contributed by atoms with E-state index in [1.807, 2.05) is 42.5 Å². The van der Waals surface area contributed by atoms with Gasteiger partial charge in [-0.25, -0.2) is 4.79 Å². The molecular formula is C19H22N2O3. The number of carbonyl (C=O) groups excluding carboxylic acids is 1. The van der Waals surface area contributed by atoms with Gasteiger partial charge >= 0.3 is 6.03 Å². The molecule has 3 rings (SSSR count). The molecule has 1 aliphatic rings. The monoisotopic (exact) mass is 326 g/mol. The Morgan fingerprint density at radius 3 is 2.67 bits per heavy atom. The minimum atomic E-state index is -0.305. The van der Waals surface area contributed by atoms with E-state index in [9.17, 15) is 9.90 Å². The molecule has 0 spiro atoms. The summed E-state index contributed by atoms with van der Waals surface area (Å²) >= 11 is 0. The number of amides is 2. The number of ether oxygens (including phenoxy) is 1. The maximum absolute atomic E-state index is 12.1. The first kappa shape index (κ1) is 16.5. The number of benzene rings is 2. The molecular weight excluding hydrogens is 304 g/mol. The largest absolute Gasteiger partial charge is 0.394 e. The Balaban J connectivity index is 1.49. The van der Waals surface area contributed by atoms with Gasteiger partial charge in [-0.3, -0.25) is 0 Å². The first-order chi connectivity index (χ1) is 11.7. The van der Waals surface area contributed by atoms with Crippen molar-refractivity contribution in [1.29, 1.82) is 0 Å². The molecule has 1 heterocycles. The van der Waals surface area contributed by atoms with Crippen molar-refractivity contribution in [3.8, 4) is 0 Å². The van der Waals surface area contributed by atoms with E-state index >= 15 is 0 Å². The fourth-order valence-corrected chi connectivity index (χ4v) is 2.81. The van der Waals surface area contributed by atoms with E-state index in [1.54, 1.807) is 0 Å². The SMILES string of the molecule is O=C(NCc1ccc2c(c1)COC2)NC(CO)Cc1ccccc1. The molecule has 0 aliphatic carbocycles. The van der Waals surface area contributed by atoms with Crippen LogP contribution >= 0.6 is 0 Å². The lowest BCUT2D eigenvalue weighted by molar-refractivity contribution is 0.134. The van der Waals surface area contributed by atoms with Gasteiger partial charge in [0.15, 0.2) is 0 Å². The highest BCUT2D eigenvalue weighted by Crippen LogP contribution is 2.20. The average molecular weight is 326 g/mol. The van der Waals surface area contributed by atoms with Crippen molar-refractivity contribution >= 4 is 6.03 Å². The summed E-state index contributed by atoms with van der Waals surface area (Å²) in [5, 5.41) is 15.1. The molecule has 0 fully saturated rings. The van der Waals surface area contributed by atoms with Crippen LogP contribution in [-0.4, -0.2) is 23.8 Å². The molecule has 1 atom stereocenters. The summed E-state index contributed by atoms with van der Waals surface area (Å²) in [6.07, 6.45) is 0.598. The van der Waals surface area contributed by atoms with Crippen LogP contribution in [0.4, 0.5) is 4.79 Å². The Bertz CT molecular complexity index is 688. The number of hydrogen-bond donors (Lipinski definition) is 3. The van der Waals surface area contributed by atoms with Gasteiger partial charge < -0.3 is 20.5 Å². The van der Waals surface area contributed by atoms with Crippen LogP contribution in [0.15, 0.2) is 48.5 Å². The van der Waals surface area contributed by atoms with Crippen LogP contribution in [0.5, 0.6) is 0 Å². The second-order valence-corrected chi connectivity index (χ2v) is 5.99. The zero-order valence-corrected chi connectivity index (χ0v) is 13.5. The zero-order valence-electron chi connectivity index (χ0n) is 13.5. The van der Waals surface area contributed by atoms with Crippen molar-refractivity contribution in [2.45, 2.75) is 32.2 Å². The third-order valence-corrected chi connectivity index (χ3v) is 4.12. The number of hydrogen-bond acceptors (Lipinski definition) is 3. The van der Waals surface area contributed by atoms with Gasteiger partial charge in [-0.2, -0.15) is 0 Å². The third kappa shape index (κ3) is 4.34. The molecule has 0 saturated carbocycles. The molecule has 3 N–H and O–H groups in total. The zero-order chi connectivity index (χ0) is 16.8. The minimum Gasteiger partial charge on any atom is -0.394 e. The van der Waals surface area contributed by atoms with Crippen molar-refractivity contribution in [2.24, 2.45) is 0 Å². The van der Waals surface area contributed by atoms with Gasteiger partial charge in [0.05, 0.1) is 25.9 Å². The van der Waals surface area contributed by atoms with Gasteiger partial charge in [-0.05, 0) is 28.7 Å². The molecule has 1 aliphatic heterocycles. The number of urea groups is 1. The molecule has 2 aromatic rings. The van der Waals surface area contributed by atoms with E-state index in [1.165, 1.54) is 11.1 Å². The Kier molecular flexibility index (Phi) is 5.46. The maximum Gasteiger partial charge on any atom is 0.315 e. The molecule has 5 nitrogen and oxygen atoms in total. The lowest BCUT2D eigenvalue weighted by atomic mass is 10.1. The Morgan fingerprint density at radius 1 is 1.08 bits per heavy atom. The molecule has 0 radical (unpaired) electrons. The lowest BCUT2D eigenvalue weighted by Gasteiger charge is -2.17. The summed E-state index contributed by atoms with van der Waals surface area (Å²) in [4.78, 5) is 12.1. The van der Waals surface area contributed by atoms with E-state index in [0.29, 0.717) is 26.2 Å². The normalized spacial score (nSPS) is 14.0. The topological polar surface area (TPSA) is 70.6 Å². The Labute approximate surface area is 141 Å². The quantitative estimate of drug-likeness (QED) is 0.761. The van der Waals surface area contributed by atoms with Crippen LogP contribution in [0.3, 0.4) is 0 Å². The van der Waals surface area contributed by atoms with Gasteiger partial charge in [0.1, 0.15) is 0 Å². The Morgan fingerprint density at radius 2 is 1.88 bits per heavy atom. The van der Waals surface area contributed by atoms with Crippen LogP contribution < -0.4 is 10.6 Å². The molecule has 2 amide bonds. The van der Waals surface area contributed by atoms with Crippen molar-refractivity contribution in [3.05, 3.63) is 70.8 Å². The molecule has 1 unspecified atom stereocenters. The predicted octanol–water partition coefficient (Wildman–Crippen LogP) is 2.12. The predicted molar refractivity (Wildman–Crippen MR) is 91.3 cm³/mol. The van der Waals surface area contributed by atoms with Crippen molar-refractivity contribution in [2.75, 3.05) is 6.61 Å². The lowest BCUT2D eigenvalue weighted by Crippen LogP contribution is -2.44. The molecule has 0 saturated heterocycles. The van der Waals surface area contributed by atoms with Crippen LogP contribution in [-0.2, 0) is 30.9 Å². The average Bonchev–Trinajstić information content (AvgIpc) is 3.08. The van der Waals surface area contributed by atoms with E-state index in [0.717, 1.165) is 11.1 Å². The highest BCUT2D eigenvalue weighted by atomic mass is 16.5. The van der Waals surface area contributed by atoms with Gasteiger partial charge in [-0.1, -0.05) is 48.5 Å². The van der Waals surface area contributed by atoms with Crippen molar-refractivity contribution in [1.82, 2.24) is 10.6 Å². The first-order valence-corrected chi connectivity index (χ1v) is 8.12. The first-order valence-electron chi connectivity index (χ1n) is 8.12. The summed E-state index contributed by atoms with van der Waals surface area (Å²) in [7, 11) is 0. The van der Waals surface area contributed by atoms with Crippen LogP contribution in [0.2, 0.25) is 0 Å². The fraction of sp³-hybridized carbons (Fsp3) is 0.316. The smallest absolute Gasteiger partial charge is 0.315 e. The number of aliphatic hydroxyl groups excluding tert-OH is 1. The molecule has 5 heteroatoms. The molecule has 24 heavy (non-hydrogen) atoms. The van der Waals surface area contributed by atoms with Crippen LogP contribution in [0, 0.1) is 0 Å². The number of carbonyl (C=O) groups is 1. The second-order valence-electron chi connectivity index (χ2n) is 5.99. The van der Waals surface area contributed by atoms with Crippen molar-refractivity contribution in [3.63, 3.8) is 0 Å². The van der Waals surface area contributed by atoms with Gasteiger partial charge in [0.25, 0.3) is 0 Å². The maximum atomic E-state index is 12.1. The minimum absolute atomic E-state index is 0.0987. The van der Waals surface area contributed by atoms with Gasteiger partial charge in [0.2, 0.25) is 0 Å². The summed E-state index contributed by atoms with van der Waals surface area (Å²) in [6.45, 7) is 1.65. The molecule has 2 aromatic carbocycles. The summed E-state index contributed by atoms with van der Waals surface area (Å²) in [5.74, 6) is 0. The summed E-state index contributed by atoms with van der Waals surface area (Å²) in [6, 6.07) is 15.3. The standard InChI is InChI=1S/C19H22N2O3/c22-11-18(9-14-4-2-1-3-5-14)21-19(23)20-10-15-6-7-16-12-24-13-17(16)8-15/h1-8,18,22H,9-13H2,(H2,20,21,23). The third-order valence-electron chi connectivity index (χ3n) is 4.12. The highest BCUT2D eigenvalue weighted by molar-refractivity contribution is 5.74. The number of fused-ring (bicyclic) bond motifs is 1. The molecule has 126 valence electrons. The molecule has 0 aromatic heterocycles. The van der Waals surface area contributed by atoms with Gasteiger partial charge in [0, 0.05) is 6.54 Å². The number of nitrogens with one attached hydrogen (secondary N) is 2.